The molecule has 0 aliphatic heterocycles. The molecular weight excluding hydrogens is 841 g/mol. The molecule has 0 rings (SSSR count). The number of ether oxygens (including phenoxy) is 3. The van der Waals surface area contributed by atoms with Crippen molar-refractivity contribution in [3.63, 3.8) is 0 Å². The molecule has 6 nitrogen and oxygen atoms in total. The largest absolute Gasteiger partial charge is 0.462 e. The maximum atomic E-state index is 12.8. The maximum Gasteiger partial charge on any atom is 0.306 e. The summed E-state index contributed by atoms with van der Waals surface area (Å²) >= 11 is 0. The maximum absolute atomic E-state index is 12.8. The third-order valence-electron chi connectivity index (χ3n) is 12.8. The lowest BCUT2D eigenvalue weighted by atomic mass is 10.0. The fraction of sp³-hybridized carbons (Fsp3) is 0.790. The summed E-state index contributed by atoms with van der Waals surface area (Å²) in [5.74, 6) is -0.874. The highest BCUT2D eigenvalue weighted by atomic mass is 16.6. The highest BCUT2D eigenvalue weighted by Crippen LogP contribution is 2.16. The van der Waals surface area contributed by atoms with E-state index in [2.05, 4.69) is 81.5 Å². The van der Waals surface area contributed by atoms with Crippen molar-refractivity contribution < 1.29 is 28.6 Å². The molecule has 0 fully saturated rings. The topological polar surface area (TPSA) is 78.9 Å². The molecule has 6 heteroatoms. The van der Waals surface area contributed by atoms with Crippen molar-refractivity contribution in [2.45, 2.75) is 303 Å². The molecule has 0 radical (unpaired) electrons. The third-order valence-corrected chi connectivity index (χ3v) is 12.8. The van der Waals surface area contributed by atoms with Crippen LogP contribution in [-0.4, -0.2) is 37.2 Å². The molecule has 394 valence electrons. The van der Waals surface area contributed by atoms with Gasteiger partial charge < -0.3 is 14.2 Å². The highest BCUT2D eigenvalue weighted by Gasteiger charge is 2.19. The first-order valence-corrected chi connectivity index (χ1v) is 29.3. The second-order valence-electron chi connectivity index (χ2n) is 19.5. The van der Waals surface area contributed by atoms with Gasteiger partial charge in [-0.3, -0.25) is 14.4 Å². The van der Waals surface area contributed by atoms with Gasteiger partial charge in [-0.15, -0.1) is 0 Å². The zero-order valence-corrected chi connectivity index (χ0v) is 45.1. The second-order valence-corrected chi connectivity index (χ2v) is 19.5. The lowest BCUT2D eigenvalue weighted by Crippen LogP contribution is -2.30. The predicted molar refractivity (Wildman–Crippen MR) is 293 cm³/mol. The number of unbranched alkanes of at least 4 members (excludes halogenated alkanes) is 32. The van der Waals surface area contributed by atoms with E-state index in [1.165, 1.54) is 167 Å². The van der Waals surface area contributed by atoms with E-state index in [1.807, 2.05) is 0 Å². The third kappa shape index (κ3) is 54.1. The summed E-state index contributed by atoms with van der Waals surface area (Å²) in [4.78, 5) is 38.1. The van der Waals surface area contributed by atoms with E-state index in [0.29, 0.717) is 19.3 Å². The lowest BCUT2D eigenvalue weighted by Gasteiger charge is -2.18. The van der Waals surface area contributed by atoms with Crippen LogP contribution in [0, 0.1) is 0 Å². The summed E-state index contributed by atoms with van der Waals surface area (Å²) in [5, 5.41) is 0. The molecule has 0 heterocycles. The van der Waals surface area contributed by atoms with Crippen LogP contribution in [0.4, 0.5) is 0 Å². The first-order chi connectivity index (χ1) is 33.5. The Bertz CT molecular complexity index is 1230. The first kappa shape index (κ1) is 65.1. The Morgan fingerprint density at radius 3 is 0.956 bits per heavy atom. The van der Waals surface area contributed by atoms with Gasteiger partial charge in [0.1, 0.15) is 13.2 Å². The van der Waals surface area contributed by atoms with Gasteiger partial charge in [-0.2, -0.15) is 0 Å². The molecule has 0 saturated heterocycles. The summed E-state index contributed by atoms with van der Waals surface area (Å²) in [6.45, 7) is 6.51. The molecule has 0 saturated carbocycles. The molecular formula is C62H110O6. The molecule has 68 heavy (non-hydrogen) atoms. The van der Waals surface area contributed by atoms with Crippen LogP contribution in [0.5, 0.6) is 0 Å². The molecule has 0 aliphatic rings. The average molecular weight is 952 g/mol. The quantitative estimate of drug-likeness (QED) is 0.0262. The van der Waals surface area contributed by atoms with Crippen molar-refractivity contribution in [2.75, 3.05) is 13.2 Å². The number of hydrogen-bond acceptors (Lipinski definition) is 6. The Balaban J connectivity index is 4.23. The number of carbonyl (C=O) groups excluding carboxylic acids is 3. The Kier molecular flexibility index (Phi) is 54.3. The smallest absolute Gasteiger partial charge is 0.306 e. The van der Waals surface area contributed by atoms with E-state index in [9.17, 15) is 14.4 Å². The number of allylic oxidation sites excluding steroid dienone is 10. The van der Waals surface area contributed by atoms with Crippen molar-refractivity contribution in [1.82, 2.24) is 0 Å². The predicted octanol–water partition coefficient (Wildman–Crippen LogP) is 19.6. The van der Waals surface area contributed by atoms with Crippen LogP contribution in [0.25, 0.3) is 0 Å². The van der Waals surface area contributed by atoms with Gasteiger partial charge in [0.15, 0.2) is 6.10 Å². The minimum atomic E-state index is -0.775. The minimum Gasteiger partial charge on any atom is -0.462 e. The van der Waals surface area contributed by atoms with E-state index < -0.39 is 6.10 Å². The molecule has 0 bridgehead atoms. The number of esters is 3. The molecule has 0 spiro atoms. The Hall–Kier alpha value is -2.89. The van der Waals surface area contributed by atoms with E-state index >= 15 is 0 Å². The van der Waals surface area contributed by atoms with Crippen molar-refractivity contribution in [2.24, 2.45) is 0 Å². The van der Waals surface area contributed by atoms with Gasteiger partial charge in [0.25, 0.3) is 0 Å². The number of carbonyl (C=O) groups is 3. The van der Waals surface area contributed by atoms with Gasteiger partial charge >= 0.3 is 17.9 Å². The van der Waals surface area contributed by atoms with E-state index in [4.69, 9.17) is 14.2 Å². The SMILES string of the molecule is CC/C=C\C/C=C\C/C=C\C/C=C\CCCCCCCCCCCCCCC(=O)OCC(COC(=O)CCCCCCC/C=C\CCCC)OC(=O)CCCCCCCCCCCCCCCC. The first-order valence-electron chi connectivity index (χ1n) is 29.3. The average Bonchev–Trinajstić information content (AvgIpc) is 3.34. The van der Waals surface area contributed by atoms with E-state index in [-0.39, 0.29) is 31.1 Å². The Morgan fingerprint density at radius 2 is 0.588 bits per heavy atom. The normalized spacial score (nSPS) is 12.5. The Morgan fingerprint density at radius 1 is 0.309 bits per heavy atom. The fourth-order valence-corrected chi connectivity index (χ4v) is 8.36. The van der Waals surface area contributed by atoms with Gasteiger partial charge in [-0.05, 0) is 77.0 Å². The zero-order valence-electron chi connectivity index (χ0n) is 45.1. The summed E-state index contributed by atoms with van der Waals surface area (Å²) in [5.41, 5.74) is 0. The monoisotopic (exact) mass is 951 g/mol. The highest BCUT2D eigenvalue weighted by molar-refractivity contribution is 5.71. The minimum absolute atomic E-state index is 0.0746. The summed E-state index contributed by atoms with van der Waals surface area (Å²) in [6.07, 6.45) is 70.8. The van der Waals surface area contributed by atoms with E-state index in [1.54, 1.807) is 0 Å². The van der Waals surface area contributed by atoms with Crippen LogP contribution in [0.3, 0.4) is 0 Å². The van der Waals surface area contributed by atoms with E-state index in [0.717, 1.165) is 89.9 Å². The standard InChI is InChI=1S/C62H110O6/c1-4-7-10-13-16-19-22-24-26-27-28-29-30-31-32-33-34-35-36-38-40-43-46-49-52-55-61(64)67-58-59(57-66-60(63)54-51-48-45-42-39-21-18-15-12-9-6-3)68-62(65)56-53-50-47-44-41-37-25-23-20-17-14-11-8-5-2/h7,10,15-16,18-19,24,26,28-29,59H,4-6,8-9,11-14,17,20-23,25,27,30-58H2,1-3H3/b10-7-,18-15-,19-16-,26-24-,29-28-. The fourth-order valence-electron chi connectivity index (χ4n) is 8.36. The van der Waals surface area contributed by atoms with Gasteiger partial charge in [-0.1, -0.05) is 261 Å². The van der Waals surface area contributed by atoms with Crippen LogP contribution in [-0.2, 0) is 28.6 Å². The molecule has 1 unspecified atom stereocenters. The number of hydrogen-bond donors (Lipinski definition) is 0. The van der Waals surface area contributed by atoms with Gasteiger partial charge in [0, 0.05) is 19.3 Å². The summed E-state index contributed by atoms with van der Waals surface area (Å²) in [6, 6.07) is 0. The Labute approximate surface area is 421 Å². The molecule has 0 aliphatic carbocycles. The van der Waals surface area contributed by atoms with Gasteiger partial charge in [0.2, 0.25) is 0 Å². The molecule has 0 aromatic carbocycles. The molecule has 0 N–H and O–H groups in total. The zero-order chi connectivity index (χ0) is 49.3. The summed E-state index contributed by atoms with van der Waals surface area (Å²) in [7, 11) is 0. The van der Waals surface area contributed by atoms with Crippen LogP contribution in [0.1, 0.15) is 297 Å². The van der Waals surface area contributed by atoms with Crippen molar-refractivity contribution in [1.29, 1.82) is 0 Å². The lowest BCUT2D eigenvalue weighted by molar-refractivity contribution is -0.167. The molecule has 0 aromatic rings. The summed E-state index contributed by atoms with van der Waals surface area (Å²) < 4.78 is 16.8. The van der Waals surface area contributed by atoms with Crippen LogP contribution >= 0.6 is 0 Å². The molecule has 1 atom stereocenters. The molecule has 0 amide bonds. The second kappa shape index (κ2) is 56.7. The molecule has 0 aromatic heterocycles. The van der Waals surface area contributed by atoms with Crippen LogP contribution in [0.2, 0.25) is 0 Å². The van der Waals surface area contributed by atoms with Gasteiger partial charge in [0.05, 0.1) is 0 Å². The van der Waals surface area contributed by atoms with Crippen molar-refractivity contribution in [3.05, 3.63) is 60.8 Å². The number of rotatable bonds is 53. The van der Waals surface area contributed by atoms with Crippen molar-refractivity contribution >= 4 is 17.9 Å². The van der Waals surface area contributed by atoms with Crippen LogP contribution < -0.4 is 0 Å². The van der Waals surface area contributed by atoms with Crippen LogP contribution in [0.15, 0.2) is 60.8 Å². The van der Waals surface area contributed by atoms with Gasteiger partial charge in [-0.25, -0.2) is 0 Å². The van der Waals surface area contributed by atoms with Crippen molar-refractivity contribution in [3.8, 4) is 0 Å².